The summed E-state index contributed by atoms with van der Waals surface area (Å²) in [7, 11) is 0. The van der Waals surface area contributed by atoms with Crippen molar-refractivity contribution in [1.82, 2.24) is 0 Å². The van der Waals surface area contributed by atoms with Crippen LogP contribution < -0.4 is 0 Å². The second-order valence-electron chi connectivity index (χ2n) is 19.2. The Balaban J connectivity index is 4.54. The number of hydrogen-bond donors (Lipinski definition) is 0. The third kappa shape index (κ3) is 56.9. The summed E-state index contributed by atoms with van der Waals surface area (Å²) in [5.74, 6) is -1.00. The fourth-order valence-corrected chi connectivity index (χ4v) is 7.83. The van der Waals surface area contributed by atoms with Gasteiger partial charge in [-0.3, -0.25) is 14.4 Å². The van der Waals surface area contributed by atoms with Gasteiger partial charge in [-0.2, -0.15) is 0 Å². The Morgan fingerprint density at radius 3 is 0.944 bits per heavy atom. The largest absolute Gasteiger partial charge is 0.462 e. The highest BCUT2D eigenvalue weighted by Crippen LogP contribution is 2.14. The highest BCUT2D eigenvalue weighted by molar-refractivity contribution is 5.71. The predicted molar refractivity (Wildman–Crippen MR) is 307 cm³/mol. The van der Waals surface area contributed by atoms with E-state index in [0.717, 1.165) is 89.9 Å². The minimum Gasteiger partial charge on any atom is -0.462 e. The fourth-order valence-electron chi connectivity index (χ4n) is 7.83. The van der Waals surface area contributed by atoms with Crippen molar-refractivity contribution >= 4 is 17.9 Å². The minimum absolute atomic E-state index is 0.111. The molecule has 0 heterocycles. The van der Waals surface area contributed by atoms with Gasteiger partial charge in [0.15, 0.2) is 6.10 Å². The number of allylic oxidation sites excluding steroid dienone is 18. The standard InChI is InChI=1S/C65H108O6/c1-4-7-10-13-16-19-22-25-28-31-32-35-38-41-44-47-50-53-56-59-65(68)71-62(60-69-63(66)57-54-51-48-45-42-39-36-33-29-26-23-20-17-14-11-8-5-2)61-70-64(67)58-55-52-49-46-43-40-37-34-30-27-24-21-18-15-12-9-6-3/h7,10,16,19,25-30,32,35-36,39,41,44-45,48,62H,4-6,8-9,11-15,17-18,20-24,31,33-34,37-38,40,42-43,46-47,49-61H2,1-3H3/b10-7-,19-16-,28-25-,29-26-,30-27-,35-32-,39-36-,44-41-,48-45-/t62-/m1/s1. The molecule has 6 heteroatoms. The van der Waals surface area contributed by atoms with E-state index in [-0.39, 0.29) is 44.0 Å². The number of rotatable bonds is 52. The van der Waals surface area contributed by atoms with Gasteiger partial charge < -0.3 is 14.2 Å². The van der Waals surface area contributed by atoms with Crippen LogP contribution in [0.3, 0.4) is 0 Å². The first-order valence-corrected chi connectivity index (χ1v) is 29.4. The molecule has 0 aromatic rings. The summed E-state index contributed by atoms with van der Waals surface area (Å²) in [6.07, 6.45) is 79.4. The van der Waals surface area contributed by atoms with E-state index in [1.54, 1.807) is 0 Å². The van der Waals surface area contributed by atoms with Crippen LogP contribution in [0.25, 0.3) is 0 Å². The molecule has 0 unspecified atom stereocenters. The van der Waals surface area contributed by atoms with Crippen LogP contribution in [0.4, 0.5) is 0 Å². The SMILES string of the molecule is CC/C=C\C/C=C\C/C=C\C/C=C\C/C=C\CCCCCC(=O)O[C@H](COC(=O)CCC/C=C\C/C=C\C/C=C\CCCCCCCC)COC(=O)CCCCCCCCC/C=C\CCCCCCCC. The summed E-state index contributed by atoms with van der Waals surface area (Å²) >= 11 is 0. The first kappa shape index (κ1) is 67.1. The molecule has 0 radical (unpaired) electrons. The normalized spacial score (nSPS) is 12.9. The van der Waals surface area contributed by atoms with E-state index >= 15 is 0 Å². The molecule has 0 aliphatic heterocycles. The second-order valence-corrected chi connectivity index (χ2v) is 19.2. The van der Waals surface area contributed by atoms with Crippen LogP contribution in [0.15, 0.2) is 109 Å². The molecule has 0 fully saturated rings. The Labute approximate surface area is 438 Å². The van der Waals surface area contributed by atoms with E-state index in [4.69, 9.17) is 14.2 Å². The van der Waals surface area contributed by atoms with Crippen LogP contribution in [-0.2, 0) is 28.6 Å². The molecule has 0 aromatic heterocycles. The molecule has 0 aliphatic carbocycles. The van der Waals surface area contributed by atoms with Crippen molar-refractivity contribution in [3.05, 3.63) is 109 Å². The van der Waals surface area contributed by atoms with Gasteiger partial charge in [-0.15, -0.1) is 0 Å². The average molecular weight is 986 g/mol. The summed E-state index contributed by atoms with van der Waals surface area (Å²) in [5.41, 5.74) is 0. The molecule has 0 saturated heterocycles. The Kier molecular flexibility index (Phi) is 55.4. The topological polar surface area (TPSA) is 78.9 Å². The number of esters is 3. The third-order valence-electron chi connectivity index (χ3n) is 12.2. The van der Waals surface area contributed by atoms with E-state index in [1.165, 1.54) is 122 Å². The zero-order chi connectivity index (χ0) is 51.4. The van der Waals surface area contributed by atoms with Crippen LogP contribution >= 0.6 is 0 Å². The number of carbonyl (C=O) groups excluding carboxylic acids is 3. The number of carbonyl (C=O) groups is 3. The summed E-state index contributed by atoms with van der Waals surface area (Å²) in [5, 5.41) is 0. The smallest absolute Gasteiger partial charge is 0.306 e. The predicted octanol–water partition coefficient (Wildman–Crippen LogP) is 19.9. The zero-order valence-electron chi connectivity index (χ0n) is 46.2. The van der Waals surface area contributed by atoms with Crippen molar-refractivity contribution < 1.29 is 28.6 Å². The van der Waals surface area contributed by atoms with Crippen molar-refractivity contribution in [3.8, 4) is 0 Å². The second kappa shape index (κ2) is 58.6. The van der Waals surface area contributed by atoms with Crippen LogP contribution in [0.5, 0.6) is 0 Å². The van der Waals surface area contributed by atoms with Crippen LogP contribution in [-0.4, -0.2) is 37.2 Å². The van der Waals surface area contributed by atoms with Gasteiger partial charge in [0.25, 0.3) is 0 Å². The van der Waals surface area contributed by atoms with Crippen LogP contribution in [0.1, 0.15) is 265 Å². The zero-order valence-corrected chi connectivity index (χ0v) is 46.2. The van der Waals surface area contributed by atoms with Crippen molar-refractivity contribution in [1.29, 1.82) is 0 Å². The fraction of sp³-hybridized carbons (Fsp3) is 0.677. The van der Waals surface area contributed by atoms with Gasteiger partial charge in [0.1, 0.15) is 13.2 Å². The number of ether oxygens (including phenoxy) is 3. The molecule has 0 spiro atoms. The van der Waals surface area contributed by atoms with Gasteiger partial charge in [0.2, 0.25) is 0 Å². The monoisotopic (exact) mass is 985 g/mol. The lowest BCUT2D eigenvalue weighted by atomic mass is 10.1. The molecular formula is C65H108O6. The average Bonchev–Trinajstić information content (AvgIpc) is 3.37. The maximum absolute atomic E-state index is 12.9. The Morgan fingerprint density at radius 2 is 0.563 bits per heavy atom. The summed E-state index contributed by atoms with van der Waals surface area (Å²) in [6, 6.07) is 0. The molecule has 0 amide bonds. The number of unbranched alkanes of at least 4 members (excludes halogenated alkanes) is 23. The van der Waals surface area contributed by atoms with E-state index in [0.29, 0.717) is 19.3 Å². The minimum atomic E-state index is -0.820. The molecule has 0 saturated carbocycles. The van der Waals surface area contributed by atoms with Crippen LogP contribution in [0, 0.1) is 0 Å². The van der Waals surface area contributed by atoms with Crippen molar-refractivity contribution in [2.24, 2.45) is 0 Å². The van der Waals surface area contributed by atoms with Gasteiger partial charge in [-0.05, 0) is 122 Å². The molecule has 0 rings (SSSR count). The Morgan fingerprint density at radius 1 is 0.296 bits per heavy atom. The highest BCUT2D eigenvalue weighted by Gasteiger charge is 2.19. The lowest BCUT2D eigenvalue weighted by Crippen LogP contribution is -2.30. The molecule has 6 nitrogen and oxygen atoms in total. The molecule has 1 atom stereocenters. The van der Waals surface area contributed by atoms with Gasteiger partial charge in [-0.1, -0.05) is 233 Å². The first-order valence-electron chi connectivity index (χ1n) is 29.4. The highest BCUT2D eigenvalue weighted by atomic mass is 16.6. The van der Waals surface area contributed by atoms with Crippen molar-refractivity contribution in [2.45, 2.75) is 271 Å². The Hall–Kier alpha value is -3.93. The van der Waals surface area contributed by atoms with Gasteiger partial charge >= 0.3 is 17.9 Å². The maximum atomic E-state index is 12.9. The van der Waals surface area contributed by atoms with E-state index < -0.39 is 6.10 Å². The van der Waals surface area contributed by atoms with Gasteiger partial charge in [0, 0.05) is 19.3 Å². The molecular weight excluding hydrogens is 877 g/mol. The molecule has 0 aliphatic rings. The molecule has 0 bridgehead atoms. The van der Waals surface area contributed by atoms with Crippen molar-refractivity contribution in [3.63, 3.8) is 0 Å². The quantitative estimate of drug-likeness (QED) is 0.0261. The summed E-state index contributed by atoms with van der Waals surface area (Å²) in [4.78, 5) is 38.2. The summed E-state index contributed by atoms with van der Waals surface area (Å²) in [6.45, 7) is 6.45. The molecule has 71 heavy (non-hydrogen) atoms. The van der Waals surface area contributed by atoms with E-state index in [2.05, 4.69) is 130 Å². The van der Waals surface area contributed by atoms with E-state index in [1.807, 2.05) is 0 Å². The lowest BCUT2D eigenvalue weighted by Gasteiger charge is -2.18. The summed E-state index contributed by atoms with van der Waals surface area (Å²) < 4.78 is 16.8. The lowest BCUT2D eigenvalue weighted by molar-refractivity contribution is -0.167. The van der Waals surface area contributed by atoms with Gasteiger partial charge in [-0.25, -0.2) is 0 Å². The van der Waals surface area contributed by atoms with Gasteiger partial charge in [0.05, 0.1) is 0 Å². The van der Waals surface area contributed by atoms with Crippen LogP contribution in [0.2, 0.25) is 0 Å². The molecule has 0 aromatic carbocycles. The molecule has 0 N–H and O–H groups in total. The van der Waals surface area contributed by atoms with E-state index in [9.17, 15) is 14.4 Å². The van der Waals surface area contributed by atoms with Crippen molar-refractivity contribution in [2.75, 3.05) is 13.2 Å². The first-order chi connectivity index (χ1) is 35.0. The Bertz CT molecular complexity index is 1460. The number of hydrogen-bond acceptors (Lipinski definition) is 6. The maximum Gasteiger partial charge on any atom is 0.306 e. The molecule has 404 valence electrons. The third-order valence-corrected chi connectivity index (χ3v) is 12.2.